The van der Waals surface area contributed by atoms with E-state index in [4.69, 9.17) is 9.90 Å². The molecule has 1 saturated heterocycles. The molecular weight excluding hydrogens is 491 g/mol. The molecule has 2 aromatic rings. The fourth-order valence-electron chi connectivity index (χ4n) is 3.31. The molecule has 0 bridgehead atoms. The monoisotopic (exact) mass is 517 g/mol. The zero-order valence-corrected chi connectivity index (χ0v) is 19.7. The van der Waals surface area contributed by atoms with Crippen LogP contribution in [0.5, 0.6) is 0 Å². The van der Waals surface area contributed by atoms with Crippen LogP contribution in [0.25, 0.3) is 0 Å². The summed E-state index contributed by atoms with van der Waals surface area (Å²) in [5.41, 5.74) is 1.09. The standard InChI is InChI=1S/C20H25N3O4S.C2HF3O2/c1-15-7-9-17(10-8-15)28(26,27)22-16-13-18(20(24)25)19(21-14-16)23-11-5-3-2-4-6-12-23;3-2(4,5)1(6)7/h7-10,13-14,22H,2-6,11-12H2,1H3,(H,24,25);(H,6,7). The van der Waals surface area contributed by atoms with Crippen LogP contribution in [0.3, 0.4) is 0 Å². The summed E-state index contributed by atoms with van der Waals surface area (Å²) in [7, 11) is -3.82. The van der Waals surface area contributed by atoms with Crippen LogP contribution in [0, 0.1) is 6.92 Å². The first-order valence-electron chi connectivity index (χ1n) is 10.7. The predicted molar refractivity (Wildman–Crippen MR) is 122 cm³/mol. The molecule has 1 aliphatic heterocycles. The van der Waals surface area contributed by atoms with Gasteiger partial charge in [0.2, 0.25) is 0 Å². The highest BCUT2D eigenvalue weighted by atomic mass is 32.2. The molecule has 3 rings (SSSR count). The highest BCUT2D eigenvalue weighted by molar-refractivity contribution is 7.92. The van der Waals surface area contributed by atoms with E-state index in [0.29, 0.717) is 5.82 Å². The number of nitrogens with one attached hydrogen (secondary N) is 1. The van der Waals surface area contributed by atoms with Gasteiger partial charge in [-0.05, 0) is 38.0 Å². The first kappa shape index (κ1) is 27.9. The Bertz CT molecular complexity index is 1130. The molecule has 0 aliphatic carbocycles. The third kappa shape index (κ3) is 8.42. The summed E-state index contributed by atoms with van der Waals surface area (Å²) in [6, 6.07) is 7.78. The van der Waals surface area contributed by atoms with Gasteiger partial charge < -0.3 is 15.1 Å². The smallest absolute Gasteiger partial charge is 0.478 e. The van der Waals surface area contributed by atoms with Gasteiger partial charge in [-0.25, -0.2) is 23.0 Å². The van der Waals surface area contributed by atoms with E-state index in [1.54, 1.807) is 12.1 Å². The Balaban J connectivity index is 0.000000540. The van der Waals surface area contributed by atoms with Crippen LogP contribution < -0.4 is 9.62 Å². The molecule has 1 fully saturated rings. The summed E-state index contributed by atoms with van der Waals surface area (Å²) in [5.74, 6) is -3.49. The quantitative estimate of drug-likeness (QED) is 0.534. The molecule has 1 aromatic carbocycles. The van der Waals surface area contributed by atoms with E-state index in [-0.39, 0.29) is 16.1 Å². The normalized spacial score (nSPS) is 14.7. The lowest BCUT2D eigenvalue weighted by molar-refractivity contribution is -0.192. The highest BCUT2D eigenvalue weighted by Gasteiger charge is 2.38. The van der Waals surface area contributed by atoms with E-state index in [0.717, 1.165) is 44.3 Å². The topological polar surface area (TPSA) is 137 Å². The summed E-state index contributed by atoms with van der Waals surface area (Å²) in [6.45, 7) is 3.37. The van der Waals surface area contributed by atoms with Crippen molar-refractivity contribution in [2.75, 3.05) is 22.7 Å². The molecule has 35 heavy (non-hydrogen) atoms. The second-order valence-corrected chi connectivity index (χ2v) is 9.56. The Labute approximate surface area is 200 Å². The molecule has 2 heterocycles. The fraction of sp³-hybridized carbons (Fsp3) is 0.409. The van der Waals surface area contributed by atoms with E-state index >= 15 is 0 Å². The van der Waals surface area contributed by atoms with Crippen molar-refractivity contribution in [2.24, 2.45) is 0 Å². The number of aliphatic carboxylic acids is 1. The SMILES string of the molecule is Cc1ccc(S(=O)(=O)Nc2cnc(N3CCCCCCC3)c(C(=O)O)c2)cc1.O=C(O)C(F)(F)F. The third-order valence-corrected chi connectivity index (χ3v) is 6.48. The van der Waals surface area contributed by atoms with Crippen molar-refractivity contribution in [3.63, 3.8) is 0 Å². The van der Waals surface area contributed by atoms with Crippen LogP contribution in [0.2, 0.25) is 0 Å². The number of hydrogen-bond donors (Lipinski definition) is 3. The van der Waals surface area contributed by atoms with Gasteiger partial charge in [-0.2, -0.15) is 13.2 Å². The number of aromatic carboxylic acids is 1. The fourth-order valence-corrected chi connectivity index (χ4v) is 4.35. The minimum absolute atomic E-state index is 0.00433. The molecule has 0 radical (unpaired) electrons. The summed E-state index contributed by atoms with van der Waals surface area (Å²) in [4.78, 5) is 27.1. The van der Waals surface area contributed by atoms with E-state index in [9.17, 15) is 31.5 Å². The molecule has 0 atom stereocenters. The van der Waals surface area contributed by atoms with Gasteiger partial charge in [-0.15, -0.1) is 0 Å². The number of carboxylic acids is 2. The van der Waals surface area contributed by atoms with Gasteiger partial charge in [0.1, 0.15) is 11.4 Å². The second kappa shape index (κ2) is 11.9. The van der Waals surface area contributed by atoms with E-state index in [1.165, 1.54) is 30.8 Å². The lowest BCUT2D eigenvalue weighted by atomic mass is 10.1. The van der Waals surface area contributed by atoms with Crippen LogP contribution >= 0.6 is 0 Å². The average Bonchev–Trinajstić information content (AvgIpc) is 2.73. The highest BCUT2D eigenvalue weighted by Crippen LogP contribution is 2.25. The van der Waals surface area contributed by atoms with Crippen LogP contribution in [0.4, 0.5) is 24.7 Å². The van der Waals surface area contributed by atoms with Crippen molar-refractivity contribution >= 4 is 33.5 Å². The van der Waals surface area contributed by atoms with E-state index in [1.807, 2.05) is 11.8 Å². The Kier molecular flexibility index (Phi) is 9.46. The number of sulfonamides is 1. The number of nitrogens with zero attached hydrogens (tertiary/aromatic N) is 2. The van der Waals surface area contributed by atoms with Gasteiger partial charge in [-0.3, -0.25) is 4.72 Å². The average molecular weight is 518 g/mol. The number of carboxylic acid groups (broad SMARTS) is 2. The second-order valence-electron chi connectivity index (χ2n) is 7.88. The Morgan fingerprint density at radius 2 is 1.51 bits per heavy atom. The van der Waals surface area contributed by atoms with Crippen LogP contribution in [0.1, 0.15) is 48.0 Å². The Morgan fingerprint density at radius 1 is 1.00 bits per heavy atom. The zero-order chi connectivity index (χ0) is 26.2. The largest absolute Gasteiger partial charge is 0.490 e. The number of benzene rings is 1. The first-order chi connectivity index (χ1) is 16.3. The number of pyridine rings is 1. The van der Waals surface area contributed by atoms with Gasteiger partial charge in [0.25, 0.3) is 10.0 Å². The van der Waals surface area contributed by atoms with E-state index in [2.05, 4.69) is 9.71 Å². The van der Waals surface area contributed by atoms with Crippen molar-refractivity contribution in [3.05, 3.63) is 47.7 Å². The molecule has 0 unspecified atom stereocenters. The van der Waals surface area contributed by atoms with Crippen molar-refractivity contribution < 1.29 is 41.4 Å². The molecule has 9 nitrogen and oxygen atoms in total. The van der Waals surface area contributed by atoms with Gasteiger partial charge in [0, 0.05) is 13.1 Å². The molecular formula is C22H26F3N3O6S. The van der Waals surface area contributed by atoms with Crippen LogP contribution in [-0.2, 0) is 14.8 Å². The molecule has 192 valence electrons. The number of rotatable bonds is 5. The number of carbonyl (C=O) groups is 2. The summed E-state index contributed by atoms with van der Waals surface area (Å²) in [6.07, 6.45) is 1.71. The number of hydrogen-bond acceptors (Lipinski definition) is 6. The van der Waals surface area contributed by atoms with Gasteiger partial charge >= 0.3 is 18.1 Å². The zero-order valence-electron chi connectivity index (χ0n) is 18.9. The minimum Gasteiger partial charge on any atom is -0.478 e. The molecule has 0 amide bonds. The molecule has 1 aromatic heterocycles. The van der Waals surface area contributed by atoms with Crippen molar-refractivity contribution in [1.82, 2.24) is 4.98 Å². The Hall–Kier alpha value is -3.35. The summed E-state index contributed by atoms with van der Waals surface area (Å²) in [5, 5.41) is 16.8. The number of aromatic nitrogens is 1. The minimum atomic E-state index is -5.08. The Morgan fingerprint density at radius 3 is 2.00 bits per heavy atom. The summed E-state index contributed by atoms with van der Waals surface area (Å²) >= 11 is 0. The molecule has 0 saturated carbocycles. The maximum atomic E-state index is 12.6. The van der Waals surface area contributed by atoms with Crippen molar-refractivity contribution in [3.8, 4) is 0 Å². The maximum absolute atomic E-state index is 12.6. The number of halogens is 3. The van der Waals surface area contributed by atoms with Crippen molar-refractivity contribution in [1.29, 1.82) is 0 Å². The number of aryl methyl sites for hydroxylation is 1. The van der Waals surface area contributed by atoms with Crippen LogP contribution in [0.15, 0.2) is 41.4 Å². The first-order valence-corrected chi connectivity index (χ1v) is 12.2. The lowest BCUT2D eigenvalue weighted by Crippen LogP contribution is -2.29. The van der Waals surface area contributed by atoms with Crippen molar-refractivity contribution in [2.45, 2.75) is 50.1 Å². The maximum Gasteiger partial charge on any atom is 0.490 e. The van der Waals surface area contributed by atoms with Gasteiger partial charge in [0.15, 0.2) is 0 Å². The number of alkyl halides is 3. The predicted octanol–water partition coefficient (Wildman–Crippen LogP) is 4.29. The lowest BCUT2D eigenvalue weighted by Gasteiger charge is -2.27. The van der Waals surface area contributed by atoms with Gasteiger partial charge in [0.05, 0.1) is 16.8 Å². The third-order valence-electron chi connectivity index (χ3n) is 5.08. The van der Waals surface area contributed by atoms with Crippen LogP contribution in [-0.4, -0.2) is 54.8 Å². The molecule has 0 spiro atoms. The molecule has 13 heteroatoms. The van der Waals surface area contributed by atoms with Gasteiger partial charge in [-0.1, -0.05) is 37.0 Å². The molecule has 3 N–H and O–H groups in total. The summed E-state index contributed by atoms with van der Waals surface area (Å²) < 4.78 is 59.3. The molecule has 1 aliphatic rings. The number of anilines is 2. The van der Waals surface area contributed by atoms with E-state index < -0.39 is 28.1 Å².